The smallest absolute Gasteiger partial charge is 0.374 e. The number of carbonyl (C=O) groups excluding carboxylic acids is 1. The van der Waals surface area contributed by atoms with Gasteiger partial charge in [0.15, 0.2) is 0 Å². The van der Waals surface area contributed by atoms with E-state index in [-0.39, 0.29) is 5.69 Å². The first-order valence-corrected chi connectivity index (χ1v) is 7.20. The fourth-order valence-corrected chi connectivity index (χ4v) is 2.70. The average Bonchev–Trinajstić information content (AvgIpc) is 2.87. The van der Waals surface area contributed by atoms with Crippen LogP contribution < -0.4 is 10.7 Å². The van der Waals surface area contributed by atoms with E-state index in [2.05, 4.69) is 9.97 Å². The molecule has 0 saturated carbocycles. The fourth-order valence-electron chi connectivity index (χ4n) is 1.78. The summed E-state index contributed by atoms with van der Waals surface area (Å²) in [6.45, 7) is 1.47. The van der Waals surface area contributed by atoms with Crippen LogP contribution >= 0.6 is 11.3 Å². The summed E-state index contributed by atoms with van der Waals surface area (Å²) < 4.78 is 39.7. The molecule has 2 aromatic rings. The van der Waals surface area contributed by atoms with Crippen LogP contribution in [0, 0.1) is 6.92 Å². The van der Waals surface area contributed by atoms with E-state index in [0.717, 1.165) is 12.3 Å². The molecular weight excluding hydrogens is 335 g/mol. The number of nitrogens with one attached hydrogen (secondary N) is 2. The highest BCUT2D eigenvalue weighted by atomic mass is 32.1. The molecule has 6 nitrogen and oxygen atoms in total. The van der Waals surface area contributed by atoms with Gasteiger partial charge >= 0.3 is 6.18 Å². The highest BCUT2D eigenvalue weighted by Crippen LogP contribution is 2.42. The third-order valence-corrected chi connectivity index (χ3v) is 4.07. The number of alkyl halides is 3. The molecule has 0 bridgehead atoms. The molecule has 124 valence electrons. The van der Waals surface area contributed by atoms with Gasteiger partial charge in [-0.25, -0.2) is 4.98 Å². The summed E-state index contributed by atoms with van der Waals surface area (Å²) in [7, 11) is 0. The van der Waals surface area contributed by atoms with E-state index >= 15 is 0 Å². The van der Waals surface area contributed by atoms with E-state index < -0.39 is 34.5 Å². The molecule has 2 heterocycles. The third-order valence-electron chi connectivity index (χ3n) is 2.96. The van der Waals surface area contributed by atoms with Gasteiger partial charge in [0.1, 0.15) is 10.7 Å². The lowest BCUT2D eigenvalue weighted by Gasteiger charge is -2.27. The molecule has 0 unspecified atom stereocenters. The van der Waals surface area contributed by atoms with Crippen LogP contribution in [0.1, 0.15) is 17.1 Å². The quantitative estimate of drug-likeness (QED) is 0.787. The zero-order chi connectivity index (χ0) is 17.3. The Morgan fingerprint density at radius 3 is 2.70 bits per heavy atom. The minimum atomic E-state index is -5.10. The molecule has 2 aromatic heterocycles. The van der Waals surface area contributed by atoms with Gasteiger partial charge in [0.25, 0.3) is 0 Å². The molecule has 3 N–H and O–H groups in total. The summed E-state index contributed by atoms with van der Waals surface area (Å²) in [6.07, 6.45) is -3.96. The van der Waals surface area contributed by atoms with Gasteiger partial charge in [-0.15, -0.1) is 11.3 Å². The van der Waals surface area contributed by atoms with Crippen LogP contribution in [0.2, 0.25) is 0 Å². The number of halogens is 3. The number of amides is 1. The second-order valence-electron chi connectivity index (χ2n) is 4.80. The van der Waals surface area contributed by atoms with Crippen LogP contribution in [0.15, 0.2) is 28.6 Å². The van der Waals surface area contributed by atoms with Gasteiger partial charge < -0.3 is 15.4 Å². The second kappa shape index (κ2) is 6.13. The van der Waals surface area contributed by atoms with Crippen molar-refractivity contribution < 1.29 is 23.1 Å². The van der Waals surface area contributed by atoms with E-state index in [9.17, 15) is 27.9 Å². The Kier molecular flexibility index (Phi) is 4.57. The number of aromatic nitrogens is 2. The summed E-state index contributed by atoms with van der Waals surface area (Å²) in [5, 5.41) is 12.8. The van der Waals surface area contributed by atoms with E-state index in [1.807, 2.05) is 5.32 Å². The molecule has 2 rings (SSSR count). The molecule has 0 aliphatic heterocycles. The van der Waals surface area contributed by atoms with E-state index in [1.54, 1.807) is 0 Å². The molecule has 0 aliphatic rings. The number of thiazole rings is 1. The zero-order valence-corrected chi connectivity index (χ0v) is 12.6. The maximum atomic E-state index is 13.2. The van der Waals surface area contributed by atoms with Crippen LogP contribution in [0.25, 0.3) is 0 Å². The fraction of sp³-hybridized carbons (Fsp3) is 0.308. The lowest BCUT2D eigenvalue weighted by Crippen LogP contribution is -2.45. The lowest BCUT2D eigenvalue weighted by atomic mass is 9.99. The monoisotopic (exact) mass is 347 g/mol. The summed E-state index contributed by atoms with van der Waals surface area (Å²) >= 11 is 0.606. The van der Waals surface area contributed by atoms with E-state index in [0.29, 0.717) is 17.0 Å². The minimum Gasteiger partial charge on any atom is -0.374 e. The van der Waals surface area contributed by atoms with Crippen LogP contribution in [0.4, 0.5) is 18.9 Å². The summed E-state index contributed by atoms with van der Waals surface area (Å²) in [5.41, 5.74) is -3.90. The Morgan fingerprint density at radius 2 is 2.17 bits per heavy atom. The average molecular weight is 347 g/mol. The number of hydrogen-bond acceptors (Lipinski definition) is 5. The first-order chi connectivity index (χ1) is 10.6. The second-order valence-corrected chi connectivity index (χ2v) is 5.66. The Hall–Kier alpha value is -2.20. The summed E-state index contributed by atoms with van der Waals surface area (Å²) in [4.78, 5) is 29.5. The molecule has 0 aromatic carbocycles. The molecule has 10 heteroatoms. The van der Waals surface area contributed by atoms with Gasteiger partial charge in [-0.3, -0.25) is 9.59 Å². The topological polar surface area (TPSA) is 95.1 Å². The lowest BCUT2D eigenvalue weighted by molar-refractivity contribution is -0.266. The molecule has 0 fully saturated rings. The number of pyridine rings is 1. The predicted molar refractivity (Wildman–Crippen MR) is 77.1 cm³/mol. The maximum Gasteiger partial charge on any atom is 0.424 e. The van der Waals surface area contributed by atoms with Crippen molar-refractivity contribution in [3.05, 3.63) is 44.8 Å². The first kappa shape index (κ1) is 17.2. The van der Waals surface area contributed by atoms with E-state index in [1.165, 1.54) is 18.5 Å². The number of carbonyl (C=O) groups is 1. The van der Waals surface area contributed by atoms with Gasteiger partial charge in [-0.05, 0) is 6.92 Å². The van der Waals surface area contributed by atoms with Crippen molar-refractivity contribution in [1.29, 1.82) is 0 Å². The van der Waals surface area contributed by atoms with Gasteiger partial charge in [0.2, 0.25) is 16.9 Å². The van der Waals surface area contributed by atoms with Crippen LogP contribution in [-0.2, 0) is 10.4 Å². The SMILES string of the molecule is Cc1csc([C@](O)(CC(=O)Nc2c[nH]ccc2=O)C(F)(F)F)n1. The van der Waals surface area contributed by atoms with Crippen LogP contribution in [0.3, 0.4) is 0 Å². The Bertz CT molecular complexity index is 771. The molecule has 23 heavy (non-hydrogen) atoms. The molecule has 0 aliphatic carbocycles. The number of aliphatic hydroxyl groups is 1. The van der Waals surface area contributed by atoms with Gasteiger partial charge in [-0.1, -0.05) is 0 Å². The Labute approximate surface area is 132 Å². The number of aromatic amines is 1. The van der Waals surface area contributed by atoms with Crippen molar-refractivity contribution in [2.75, 3.05) is 5.32 Å². The number of hydrogen-bond donors (Lipinski definition) is 3. The summed E-state index contributed by atoms with van der Waals surface area (Å²) in [5.74, 6) is -1.16. The van der Waals surface area contributed by atoms with Crippen molar-refractivity contribution in [2.24, 2.45) is 0 Å². The standard InChI is InChI=1S/C13H12F3N3O3S/c1-7-6-23-11(18-7)12(22,13(14,15)16)4-10(21)19-8-5-17-3-2-9(8)20/h2-3,5-6,22H,4H2,1H3,(H,17,20)(H,19,21)/t12-/m1/s1. The number of aryl methyl sites for hydroxylation is 1. The predicted octanol–water partition coefficient (Wildman–Crippen LogP) is 1.92. The zero-order valence-electron chi connectivity index (χ0n) is 11.8. The molecule has 0 saturated heterocycles. The Morgan fingerprint density at radius 1 is 1.48 bits per heavy atom. The molecular formula is C13H12F3N3O3S. The first-order valence-electron chi connectivity index (χ1n) is 6.32. The van der Waals surface area contributed by atoms with Gasteiger partial charge in [-0.2, -0.15) is 13.2 Å². The minimum absolute atomic E-state index is 0.211. The third kappa shape index (κ3) is 3.59. The normalized spacial score (nSPS) is 14.3. The maximum absolute atomic E-state index is 13.2. The van der Waals surface area contributed by atoms with Crippen LogP contribution in [-0.4, -0.2) is 27.2 Å². The van der Waals surface area contributed by atoms with Crippen LogP contribution in [0.5, 0.6) is 0 Å². The largest absolute Gasteiger partial charge is 0.424 e. The highest BCUT2D eigenvalue weighted by molar-refractivity contribution is 7.09. The molecule has 1 atom stereocenters. The molecule has 0 radical (unpaired) electrons. The molecule has 0 spiro atoms. The van der Waals surface area contributed by atoms with Crippen molar-refractivity contribution in [3.8, 4) is 0 Å². The molecule has 1 amide bonds. The Balaban J connectivity index is 2.27. The number of rotatable bonds is 4. The number of nitrogens with zero attached hydrogens (tertiary/aromatic N) is 1. The van der Waals surface area contributed by atoms with Crippen molar-refractivity contribution in [1.82, 2.24) is 9.97 Å². The van der Waals surface area contributed by atoms with E-state index in [4.69, 9.17) is 0 Å². The van der Waals surface area contributed by atoms with Crippen molar-refractivity contribution >= 4 is 22.9 Å². The number of H-pyrrole nitrogens is 1. The number of anilines is 1. The highest BCUT2D eigenvalue weighted by Gasteiger charge is 2.58. The van der Waals surface area contributed by atoms with Gasteiger partial charge in [0, 0.05) is 29.5 Å². The summed E-state index contributed by atoms with van der Waals surface area (Å²) in [6, 6.07) is 1.11. The van der Waals surface area contributed by atoms with Crippen molar-refractivity contribution in [2.45, 2.75) is 25.1 Å². The van der Waals surface area contributed by atoms with Crippen molar-refractivity contribution in [3.63, 3.8) is 0 Å². The van der Waals surface area contributed by atoms with Gasteiger partial charge in [0.05, 0.1) is 6.42 Å².